The van der Waals surface area contributed by atoms with Gasteiger partial charge < -0.3 is 9.47 Å². The van der Waals surface area contributed by atoms with Gasteiger partial charge in [0.1, 0.15) is 5.75 Å². The molecule has 0 saturated heterocycles. The molecule has 0 aliphatic heterocycles. The van der Waals surface area contributed by atoms with E-state index in [0.717, 1.165) is 24.0 Å². The lowest BCUT2D eigenvalue weighted by Crippen LogP contribution is -2.10. The maximum atomic E-state index is 12.0. The number of ether oxygens (including phenoxy) is 2. The van der Waals surface area contributed by atoms with Gasteiger partial charge in [0, 0.05) is 12.8 Å². The summed E-state index contributed by atoms with van der Waals surface area (Å²) in [5.74, 6) is 0.213. The van der Waals surface area contributed by atoms with Gasteiger partial charge in [-0.05, 0) is 50.3 Å². The average Bonchev–Trinajstić information content (AvgIpc) is 2.70. The summed E-state index contributed by atoms with van der Waals surface area (Å²) in [5, 5.41) is 0. The van der Waals surface area contributed by atoms with Crippen LogP contribution in [-0.2, 0) is 14.3 Å². The highest BCUT2D eigenvalue weighted by molar-refractivity contribution is 5.73. The average molecular weight is 405 g/mol. The molecule has 4 nitrogen and oxygen atoms in total. The van der Waals surface area contributed by atoms with Crippen molar-refractivity contribution >= 4 is 11.9 Å². The van der Waals surface area contributed by atoms with E-state index in [1.807, 2.05) is 32.0 Å². The smallest absolute Gasteiger partial charge is 0.311 e. The Bertz CT molecular complexity index is 594. The Morgan fingerprint density at radius 3 is 2.00 bits per heavy atom. The first kappa shape index (κ1) is 25.2. The molecule has 0 aliphatic rings. The maximum absolute atomic E-state index is 12.0. The van der Waals surface area contributed by atoms with Crippen LogP contribution in [0.2, 0.25) is 0 Å². The predicted octanol–water partition coefficient (Wildman–Crippen LogP) is 6.84. The second kappa shape index (κ2) is 16.0. The third-order valence-corrected chi connectivity index (χ3v) is 5.30. The Kier molecular flexibility index (Phi) is 13.9. The van der Waals surface area contributed by atoms with Crippen molar-refractivity contribution in [3.63, 3.8) is 0 Å². The fourth-order valence-corrected chi connectivity index (χ4v) is 3.22. The summed E-state index contributed by atoms with van der Waals surface area (Å²) < 4.78 is 10.7. The first-order chi connectivity index (χ1) is 14.0. The zero-order valence-electron chi connectivity index (χ0n) is 18.8. The molecule has 0 aliphatic carbocycles. The van der Waals surface area contributed by atoms with Crippen LogP contribution in [0.3, 0.4) is 0 Å². The van der Waals surface area contributed by atoms with E-state index in [1.165, 1.54) is 44.9 Å². The molecule has 0 unspecified atom stereocenters. The van der Waals surface area contributed by atoms with E-state index >= 15 is 0 Å². The van der Waals surface area contributed by atoms with Crippen molar-refractivity contribution in [3.8, 4) is 5.75 Å². The van der Waals surface area contributed by atoms with Crippen LogP contribution in [0.5, 0.6) is 5.75 Å². The van der Waals surface area contributed by atoms with Gasteiger partial charge in [-0.25, -0.2) is 0 Å². The number of hydrogen-bond acceptors (Lipinski definition) is 4. The number of hydrogen-bond donors (Lipinski definition) is 0. The number of benzene rings is 1. The van der Waals surface area contributed by atoms with Crippen molar-refractivity contribution in [1.82, 2.24) is 0 Å². The molecule has 0 heterocycles. The zero-order valence-corrected chi connectivity index (χ0v) is 18.8. The second-order valence-electron chi connectivity index (χ2n) is 7.93. The second-order valence-corrected chi connectivity index (χ2v) is 7.93. The lowest BCUT2D eigenvalue weighted by molar-refractivity contribution is -0.144. The van der Waals surface area contributed by atoms with E-state index in [4.69, 9.17) is 9.47 Å². The molecular formula is C25H40O4. The number of carbonyl (C=O) groups excluding carboxylic acids is 2. The highest BCUT2D eigenvalue weighted by Crippen LogP contribution is 2.21. The van der Waals surface area contributed by atoms with E-state index in [9.17, 15) is 9.59 Å². The number of aryl methyl sites for hydroxylation is 1. The van der Waals surface area contributed by atoms with Crippen LogP contribution in [0.4, 0.5) is 0 Å². The third-order valence-electron chi connectivity index (χ3n) is 5.30. The molecule has 0 amide bonds. The summed E-state index contributed by atoms with van der Waals surface area (Å²) in [5.41, 5.74) is 2.09. The van der Waals surface area contributed by atoms with Gasteiger partial charge in [-0.3, -0.25) is 9.59 Å². The molecule has 0 aromatic heterocycles. The summed E-state index contributed by atoms with van der Waals surface area (Å²) in [7, 11) is 0. The van der Waals surface area contributed by atoms with Crippen molar-refractivity contribution in [3.05, 3.63) is 29.3 Å². The monoisotopic (exact) mass is 404 g/mol. The predicted molar refractivity (Wildman–Crippen MR) is 118 cm³/mol. The van der Waals surface area contributed by atoms with Crippen LogP contribution >= 0.6 is 0 Å². The molecule has 1 aromatic carbocycles. The number of unbranched alkanes of at least 4 members (excludes halogenated alkanes) is 9. The lowest BCUT2D eigenvalue weighted by Gasteiger charge is -2.09. The van der Waals surface area contributed by atoms with Crippen molar-refractivity contribution in [2.75, 3.05) is 6.61 Å². The van der Waals surface area contributed by atoms with Crippen molar-refractivity contribution in [1.29, 1.82) is 0 Å². The zero-order chi connectivity index (χ0) is 21.3. The molecule has 1 rings (SSSR count). The Balaban J connectivity index is 1.97. The highest BCUT2D eigenvalue weighted by atomic mass is 16.5. The Labute approximate surface area is 177 Å². The molecule has 0 fully saturated rings. The van der Waals surface area contributed by atoms with Crippen molar-refractivity contribution < 1.29 is 19.1 Å². The summed E-state index contributed by atoms with van der Waals surface area (Å²) >= 11 is 0. The third kappa shape index (κ3) is 12.4. The molecule has 0 atom stereocenters. The quantitative estimate of drug-likeness (QED) is 0.172. The molecule has 0 N–H and O–H groups in total. The van der Waals surface area contributed by atoms with Crippen LogP contribution in [-0.4, -0.2) is 18.5 Å². The first-order valence-electron chi connectivity index (χ1n) is 11.5. The fraction of sp³-hybridized carbons (Fsp3) is 0.680. The van der Waals surface area contributed by atoms with Crippen LogP contribution in [0.25, 0.3) is 0 Å². The minimum absolute atomic E-state index is 0.160. The minimum Gasteiger partial charge on any atom is -0.466 e. The molecule has 0 saturated carbocycles. The topological polar surface area (TPSA) is 52.6 Å². The summed E-state index contributed by atoms with van der Waals surface area (Å²) in [6.07, 6.45) is 13.2. The van der Waals surface area contributed by atoms with Gasteiger partial charge >= 0.3 is 11.9 Å². The van der Waals surface area contributed by atoms with Crippen molar-refractivity contribution in [2.45, 2.75) is 104 Å². The van der Waals surface area contributed by atoms with E-state index < -0.39 is 0 Å². The number of carbonyl (C=O) groups is 2. The molecule has 1 aromatic rings. The van der Waals surface area contributed by atoms with E-state index in [0.29, 0.717) is 38.0 Å². The van der Waals surface area contributed by atoms with Gasteiger partial charge in [0.25, 0.3) is 0 Å². The molecule has 0 spiro atoms. The maximum Gasteiger partial charge on any atom is 0.311 e. The van der Waals surface area contributed by atoms with Gasteiger partial charge in [0.15, 0.2) is 0 Å². The van der Waals surface area contributed by atoms with Gasteiger partial charge in [-0.2, -0.15) is 0 Å². The Morgan fingerprint density at radius 1 is 0.759 bits per heavy atom. The Morgan fingerprint density at radius 2 is 1.34 bits per heavy atom. The molecule has 29 heavy (non-hydrogen) atoms. The van der Waals surface area contributed by atoms with Crippen LogP contribution in [0.1, 0.15) is 102 Å². The normalized spacial score (nSPS) is 10.7. The summed E-state index contributed by atoms with van der Waals surface area (Å²) in [4.78, 5) is 23.7. The minimum atomic E-state index is -0.248. The van der Waals surface area contributed by atoms with Gasteiger partial charge in [0.2, 0.25) is 0 Å². The number of esters is 2. The standard InChI is InChI=1S/C25H40O4/c1-4-5-6-7-8-9-10-11-14-20-28-24(26)18-12-13-19-25(27)29-23-17-15-16-21(2)22(23)3/h15-17H,4-14,18-20H2,1-3H3. The summed E-state index contributed by atoms with van der Waals surface area (Å²) in [6, 6.07) is 5.69. The largest absolute Gasteiger partial charge is 0.466 e. The number of rotatable bonds is 16. The molecule has 4 heteroatoms. The lowest BCUT2D eigenvalue weighted by atomic mass is 10.1. The SMILES string of the molecule is CCCCCCCCCCCOC(=O)CCCCC(=O)Oc1cccc(C)c1C. The Hall–Kier alpha value is -1.84. The van der Waals surface area contributed by atoms with E-state index in [1.54, 1.807) is 0 Å². The molecule has 0 bridgehead atoms. The summed E-state index contributed by atoms with van der Waals surface area (Å²) in [6.45, 7) is 6.70. The molecular weight excluding hydrogens is 364 g/mol. The van der Waals surface area contributed by atoms with Gasteiger partial charge in [-0.15, -0.1) is 0 Å². The van der Waals surface area contributed by atoms with E-state index in [-0.39, 0.29) is 11.9 Å². The molecule has 164 valence electrons. The fourth-order valence-electron chi connectivity index (χ4n) is 3.22. The first-order valence-corrected chi connectivity index (χ1v) is 11.5. The van der Waals surface area contributed by atoms with Crippen molar-refractivity contribution in [2.24, 2.45) is 0 Å². The highest BCUT2D eigenvalue weighted by Gasteiger charge is 2.09. The van der Waals surface area contributed by atoms with E-state index in [2.05, 4.69) is 6.92 Å². The molecule has 0 radical (unpaired) electrons. The van der Waals surface area contributed by atoms with Gasteiger partial charge in [-0.1, -0.05) is 70.4 Å². The van der Waals surface area contributed by atoms with Crippen LogP contribution in [0, 0.1) is 13.8 Å². The van der Waals surface area contributed by atoms with Gasteiger partial charge in [0.05, 0.1) is 6.61 Å². The van der Waals surface area contributed by atoms with Crippen LogP contribution in [0.15, 0.2) is 18.2 Å². The van der Waals surface area contributed by atoms with Crippen LogP contribution < -0.4 is 4.74 Å².